The molecule has 4 unspecified atom stereocenters. The predicted molar refractivity (Wildman–Crippen MR) is 238 cm³/mol. The van der Waals surface area contributed by atoms with Crippen LogP contribution in [0.5, 0.6) is 0 Å². The summed E-state index contributed by atoms with van der Waals surface area (Å²) in [5, 5.41) is 12.7. The first-order valence-electron chi connectivity index (χ1n) is 21.7. The second-order valence-corrected chi connectivity index (χ2v) is 18.1. The van der Waals surface area contributed by atoms with Gasteiger partial charge in [-0.2, -0.15) is 0 Å². The zero-order valence-electron chi connectivity index (χ0n) is 37.1. The highest BCUT2D eigenvalue weighted by atomic mass is 19.3. The van der Waals surface area contributed by atoms with E-state index in [9.17, 15) is 27.9 Å². The summed E-state index contributed by atoms with van der Waals surface area (Å²) in [6.45, 7) is 20.9. The zero-order valence-corrected chi connectivity index (χ0v) is 37.1. The molecule has 1 aromatic rings. The number of alkyl halides is 2. The molecule has 1 amide bonds. The first-order chi connectivity index (χ1) is 28.0. The van der Waals surface area contributed by atoms with Gasteiger partial charge in [-0.05, 0) is 134 Å². The lowest BCUT2D eigenvalue weighted by Gasteiger charge is -2.68. The molecule has 1 aliphatic heterocycles. The third-order valence-corrected chi connectivity index (χ3v) is 15.4. The first kappa shape index (κ1) is 51.2. The molecule has 2 N–H and O–H groups in total. The highest BCUT2D eigenvalue weighted by Gasteiger charge is 2.66. The molecule has 0 radical (unpaired) electrons. The van der Waals surface area contributed by atoms with Crippen LogP contribution in [0.2, 0.25) is 0 Å². The molecule has 1 saturated heterocycles. The normalized spacial score (nSPS) is 33.0. The summed E-state index contributed by atoms with van der Waals surface area (Å²) in [6.07, 6.45) is 38.8. The summed E-state index contributed by atoms with van der Waals surface area (Å²) >= 11 is 0. The summed E-state index contributed by atoms with van der Waals surface area (Å²) in [5.74, 6) is -1.64. The van der Waals surface area contributed by atoms with Crippen molar-refractivity contribution in [1.82, 2.24) is 10.2 Å². The van der Waals surface area contributed by atoms with E-state index in [1.54, 1.807) is 12.1 Å². The summed E-state index contributed by atoms with van der Waals surface area (Å²) in [5.41, 5.74) is 1.51. The molecule has 5 nitrogen and oxygen atoms in total. The van der Waals surface area contributed by atoms with Crippen molar-refractivity contribution in [2.45, 2.75) is 131 Å². The number of nitrogens with zero attached hydrogens (tertiary/aromatic N) is 1. The number of piperidine rings is 1. The van der Waals surface area contributed by atoms with E-state index in [4.69, 9.17) is 0 Å². The fourth-order valence-electron chi connectivity index (χ4n) is 13.2. The minimum absolute atomic E-state index is 0.0904. The van der Waals surface area contributed by atoms with Crippen LogP contribution in [-0.2, 0) is 4.79 Å². The number of allylic oxidation sites excluding steroid dienone is 3. The van der Waals surface area contributed by atoms with Gasteiger partial charge < -0.3 is 15.3 Å². The molecule has 4 saturated carbocycles. The number of amides is 1. The van der Waals surface area contributed by atoms with Crippen molar-refractivity contribution in [2.75, 3.05) is 26.2 Å². The SMILES string of the molecule is C#C.C#C.C#C.C=CC.CC.CC1(C)C(c2ccc(C(=O)O)c(F)c2)=CC[C@@]2(C)C1CC[C@@]1(C)C3CC[C@@]4(C(=O)NCCN5CCC(F)(F)CC5)CCCC4[C@H]3CCC12. The van der Waals surface area contributed by atoms with E-state index < -0.39 is 17.7 Å². The monoisotopic (exact) mass is 819 g/mol. The van der Waals surface area contributed by atoms with Crippen LogP contribution >= 0.6 is 0 Å². The molecule has 6 aliphatic rings. The van der Waals surface area contributed by atoms with E-state index in [1.165, 1.54) is 31.4 Å². The Labute approximate surface area is 355 Å². The van der Waals surface area contributed by atoms with Gasteiger partial charge in [-0.3, -0.25) is 4.79 Å². The summed E-state index contributed by atoms with van der Waals surface area (Å²) in [4.78, 5) is 27.5. The number of aromatic carboxylic acids is 1. The highest BCUT2D eigenvalue weighted by Crippen LogP contribution is 2.73. The van der Waals surface area contributed by atoms with Gasteiger partial charge in [0.1, 0.15) is 5.82 Å². The number of carboxylic acid groups (broad SMARTS) is 1. The van der Waals surface area contributed by atoms with Gasteiger partial charge in [0.2, 0.25) is 5.91 Å². The second-order valence-electron chi connectivity index (χ2n) is 18.1. The number of hydrogen-bond acceptors (Lipinski definition) is 3. The standard InChI is InChI=1S/C40H55F3N2O3.C3H6.C2H6.3C2H2/c1-36(2)28(25-7-8-27(34(46)47)31(41)24-25)11-15-38(4)32(36)13-16-37(3)29-12-17-39(14-5-6-30(39)26(29)9-10-33(37)38)35(48)44-20-23-45-21-18-40(42,43)19-22-45;1-3-2;4*1-2/h7-8,11,24,26,29-30,32-33H,5-6,9-10,12-23H2,1-4H3,(H,44,48)(H,46,47);3H,1H2,2H3;1-2H3;3*1-2H/t26-,29?,30?,32?,33?,37-,38-,39-;;;;;/m0...../s1. The Balaban J connectivity index is 0.00000100. The molecule has 8 atom stereocenters. The van der Waals surface area contributed by atoms with Crippen molar-refractivity contribution >= 4 is 17.4 Å². The fourth-order valence-corrected chi connectivity index (χ4v) is 13.2. The quantitative estimate of drug-likeness (QED) is 0.222. The zero-order chi connectivity index (χ0) is 45.0. The van der Waals surface area contributed by atoms with Crippen molar-refractivity contribution in [3.63, 3.8) is 0 Å². The van der Waals surface area contributed by atoms with Crippen molar-refractivity contribution in [1.29, 1.82) is 0 Å². The van der Waals surface area contributed by atoms with Gasteiger partial charge in [-0.25, -0.2) is 18.0 Å². The third kappa shape index (κ3) is 10.0. The van der Waals surface area contributed by atoms with Gasteiger partial charge in [0.15, 0.2) is 0 Å². The molecular weight excluding hydrogens is 746 g/mol. The van der Waals surface area contributed by atoms with E-state index in [2.05, 4.69) is 89.1 Å². The Morgan fingerprint density at radius 3 is 2.05 bits per heavy atom. The Kier molecular flexibility index (Phi) is 18.7. The maximum Gasteiger partial charge on any atom is 0.338 e. The van der Waals surface area contributed by atoms with Crippen LogP contribution < -0.4 is 5.32 Å². The number of rotatable bonds is 6. The molecule has 1 heterocycles. The van der Waals surface area contributed by atoms with E-state index in [-0.39, 0.29) is 46.0 Å². The number of carbonyl (C=O) groups excluding carboxylic acids is 1. The smallest absolute Gasteiger partial charge is 0.338 e. The van der Waals surface area contributed by atoms with Crippen molar-refractivity contribution in [3.05, 3.63) is 53.9 Å². The average molecular weight is 819 g/mol. The number of nitrogens with one attached hydrogen (secondary N) is 1. The molecule has 0 aromatic heterocycles. The Morgan fingerprint density at radius 1 is 0.864 bits per heavy atom. The number of likely N-dealkylation sites (tertiary alicyclic amines) is 1. The number of fused-ring (bicyclic) bond motifs is 7. The maximum absolute atomic E-state index is 14.8. The number of hydrogen-bond donors (Lipinski definition) is 2. The van der Waals surface area contributed by atoms with Gasteiger partial charge in [0.25, 0.3) is 5.92 Å². The van der Waals surface area contributed by atoms with E-state index in [0.717, 1.165) is 56.1 Å². The van der Waals surface area contributed by atoms with E-state index in [1.807, 2.05) is 20.8 Å². The van der Waals surface area contributed by atoms with Crippen molar-refractivity contribution in [2.24, 2.45) is 51.2 Å². The molecule has 1 aromatic carbocycles. The number of carboxylic acids is 1. The van der Waals surface area contributed by atoms with Gasteiger partial charge in [-0.1, -0.05) is 66.2 Å². The minimum atomic E-state index is -2.55. The summed E-state index contributed by atoms with van der Waals surface area (Å²) < 4.78 is 42.1. The van der Waals surface area contributed by atoms with Crippen LogP contribution in [-0.4, -0.2) is 54.0 Å². The van der Waals surface area contributed by atoms with Crippen LogP contribution in [0.3, 0.4) is 0 Å². The minimum Gasteiger partial charge on any atom is -0.478 e. The van der Waals surface area contributed by atoms with Crippen LogP contribution in [0.1, 0.15) is 141 Å². The third-order valence-electron chi connectivity index (χ3n) is 15.4. The topological polar surface area (TPSA) is 69.6 Å². The van der Waals surface area contributed by atoms with Crippen LogP contribution in [0.15, 0.2) is 36.9 Å². The molecule has 8 heteroatoms. The first-order valence-corrected chi connectivity index (χ1v) is 21.7. The van der Waals surface area contributed by atoms with Gasteiger partial charge in [-0.15, -0.1) is 45.1 Å². The van der Waals surface area contributed by atoms with E-state index >= 15 is 0 Å². The van der Waals surface area contributed by atoms with Crippen LogP contribution in [0, 0.1) is 95.6 Å². The lowest BCUT2D eigenvalue weighted by atomic mass is 9.36. The van der Waals surface area contributed by atoms with Gasteiger partial charge in [0.05, 0.1) is 11.0 Å². The predicted octanol–water partition coefficient (Wildman–Crippen LogP) is 11.8. The second kappa shape index (κ2) is 21.5. The fraction of sp³-hybridized carbons (Fsp3) is 0.647. The Hall–Kier alpha value is -3.93. The lowest BCUT2D eigenvalue weighted by Crippen LogP contribution is -2.62. The van der Waals surface area contributed by atoms with Gasteiger partial charge >= 0.3 is 5.97 Å². The molecule has 7 rings (SSSR count). The number of carbonyl (C=O) groups is 2. The van der Waals surface area contributed by atoms with Crippen LogP contribution in [0.4, 0.5) is 13.2 Å². The largest absolute Gasteiger partial charge is 0.478 e. The average Bonchev–Trinajstić information content (AvgIpc) is 3.68. The molecule has 0 bridgehead atoms. The number of halogens is 3. The Morgan fingerprint density at radius 2 is 1.47 bits per heavy atom. The Bertz CT molecular complexity index is 1650. The molecule has 5 aliphatic carbocycles. The summed E-state index contributed by atoms with van der Waals surface area (Å²) in [7, 11) is 0. The van der Waals surface area contributed by atoms with Crippen molar-refractivity contribution < 1.29 is 27.9 Å². The maximum atomic E-state index is 14.8. The molecule has 59 heavy (non-hydrogen) atoms. The highest BCUT2D eigenvalue weighted by molar-refractivity contribution is 5.88. The lowest BCUT2D eigenvalue weighted by molar-refractivity contribution is -0.181. The summed E-state index contributed by atoms with van der Waals surface area (Å²) in [6, 6.07) is 4.60. The van der Waals surface area contributed by atoms with Gasteiger partial charge in [0, 0.05) is 39.0 Å². The molecular formula is C51H73F3N2O3. The molecule has 5 fully saturated rings. The molecule has 326 valence electrons. The van der Waals surface area contributed by atoms with E-state index in [0.29, 0.717) is 55.8 Å². The number of benzene rings is 1. The van der Waals surface area contributed by atoms with Crippen LogP contribution in [0.25, 0.3) is 5.57 Å². The number of terminal acetylenes is 3. The van der Waals surface area contributed by atoms with Crippen molar-refractivity contribution in [3.8, 4) is 38.5 Å². The molecule has 0 spiro atoms.